The van der Waals surface area contributed by atoms with Crippen LogP contribution in [0.3, 0.4) is 0 Å². The van der Waals surface area contributed by atoms with Crippen LogP contribution in [0.15, 0.2) is 30.3 Å². The molecule has 0 aromatic heterocycles. The van der Waals surface area contributed by atoms with Crippen molar-refractivity contribution in [2.24, 2.45) is 5.92 Å². The number of amides is 1. The fraction of sp³-hybridized carbons (Fsp3) is 0.611. The Kier molecular flexibility index (Phi) is 5.11. The molecule has 4 nitrogen and oxygen atoms in total. The van der Waals surface area contributed by atoms with Gasteiger partial charge in [-0.25, -0.2) is 0 Å². The van der Waals surface area contributed by atoms with Crippen molar-refractivity contribution in [2.75, 3.05) is 19.7 Å². The van der Waals surface area contributed by atoms with Gasteiger partial charge in [0.15, 0.2) is 0 Å². The van der Waals surface area contributed by atoms with Gasteiger partial charge in [-0.1, -0.05) is 30.3 Å². The van der Waals surface area contributed by atoms with Crippen LogP contribution in [0.4, 0.5) is 0 Å². The first-order chi connectivity index (χ1) is 10.8. The van der Waals surface area contributed by atoms with Gasteiger partial charge in [0, 0.05) is 25.7 Å². The second-order valence-electron chi connectivity index (χ2n) is 6.40. The number of hydrogen-bond acceptors (Lipinski definition) is 3. The minimum absolute atomic E-state index is 0.0875. The SMILES string of the molecule is CCOC1CC1C(=O)NC1CCCN(Cc2ccccc2)C1. The zero-order chi connectivity index (χ0) is 15.4. The van der Waals surface area contributed by atoms with Crippen LogP contribution in [-0.4, -0.2) is 42.6 Å². The van der Waals surface area contributed by atoms with Crippen LogP contribution in [0.2, 0.25) is 0 Å². The minimum Gasteiger partial charge on any atom is -0.378 e. The van der Waals surface area contributed by atoms with E-state index < -0.39 is 0 Å². The van der Waals surface area contributed by atoms with Gasteiger partial charge in [-0.05, 0) is 38.3 Å². The molecule has 2 aliphatic rings. The minimum atomic E-state index is 0.0875. The number of carbonyl (C=O) groups excluding carboxylic acids is 1. The third-order valence-electron chi connectivity index (χ3n) is 4.55. The molecule has 1 aliphatic heterocycles. The molecule has 4 heteroatoms. The maximum absolute atomic E-state index is 12.2. The van der Waals surface area contributed by atoms with E-state index in [4.69, 9.17) is 4.74 Å². The highest BCUT2D eigenvalue weighted by Crippen LogP contribution is 2.34. The third kappa shape index (κ3) is 4.08. The van der Waals surface area contributed by atoms with Gasteiger partial charge in [0.2, 0.25) is 5.91 Å². The van der Waals surface area contributed by atoms with Gasteiger partial charge in [0.05, 0.1) is 12.0 Å². The predicted octanol–water partition coefficient (Wildman–Crippen LogP) is 2.19. The number of benzene rings is 1. The molecule has 1 aromatic carbocycles. The lowest BCUT2D eigenvalue weighted by Gasteiger charge is -2.33. The van der Waals surface area contributed by atoms with E-state index in [1.54, 1.807) is 0 Å². The van der Waals surface area contributed by atoms with Gasteiger partial charge in [-0.3, -0.25) is 9.69 Å². The number of rotatable bonds is 6. The normalized spacial score (nSPS) is 28.3. The van der Waals surface area contributed by atoms with E-state index in [2.05, 4.69) is 34.5 Å². The summed E-state index contributed by atoms with van der Waals surface area (Å²) in [4.78, 5) is 14.7. The fourth-order valence-electron chi connectivity index (χ4n) is 3.31. The van der Waals surface area contributed by atoms with Crippen LogP contribution in [0, 0.1) is 5.92 Å². The van der Waals surface area contributed by atoms with E-state index in [0.717, 1.165) is 38.9 Å². The van der Waals surface area contributed by atoms with Gasteiger partial charge in [0.1, 0.15) is 0 Å². The maximum Gasteiger partial charge on any atom is 0.226 e. The summed E-state index contributed by atoms with van der Waals surface area (Å²) in [6, 6.07) is 10.8. The first-order valence-electron chi connectivity index (χ1n) is 8.44. The maximum atomic E-state index is 12.2. The van der Waals surface area contributed by atoms with E-state index in [0.29, 0.717) is 6.61 Å². The van der Waals surface area contributed by atoms with Gasteiger partial charge in [0.25, 0.3) is 0 Å². The highest BCUT2D eigenvalue weighted by molar-refractivity contribution is 5.82. The van der Waals surface area contributed by atoms with E-state index in [9.17, 15) is 4.79 Å². The quantitative estimate of drug-likeness (QED) is 0.876. The highest BCUT2D eigenvalue weighted by atomic mass is 16.5. The van der Waals surface area contributed by atoms with Crippen molar-refractivity contribution in [3.05, 3.63) is 35.9 Å². The number of carbonyl (C=O) groups is 1. The van der Waals surface area contributed by atoms with E-state index >= 15 is 0 Å². The fourth-order valence-corrected chi connectivity index (χ4v) is 3.31. The van der Waals surface area contributed by atoms with Crippen molar-refractivity contribution in [1.82, 2.24) is 10.2 Å². The lowest BCUT2D eigenvalue weighted by Crippen LogP contribution is -2.48. The molecule has 22 heavy (non-hydrogen) atoms. The molecule has 0 bridgehead atoms. The number of ether oxygens (including phenoxy) is 1. The molecule has 1 aromatic rings. The van der Waals surface area contributed by atoms with Crippen molar-refractivity contribution < 1.29 is 9.53 Å². The molecule has 1 heterocycles. The number of nitrogens with zero attached hydrogens (tertiary/aromatic N) is 1. The number of hydrogen-bond donors (Lipinski definition) is 1. The Labute approximate surface area is 132 Å². The second kappa shape index (κ2) is 7.25. The average Bonchev–Trinajstić information content (AvgIpc) is 3.29. The molecule has 2 fully saturated rings. The zero-order valence-electron chi connectivity index (χ0n) is 13.3. The van der Waals surface area contributed by atoms with Crippen LogP contribution in [0.5, 0.6) is 0 Å². The van der Waals surface area contributed by atoms with Crippen LogP contribution in [0.25, 0.3) is 0 Å². The molecule has 1 aliphatic carbocycles. The molecular weight excluding hydrogens is 276 g/mol. The lowest BCUT2D eigenvalue weighted by molar-refractivity contribution is -0.124. The summed E-state index contributed by atoms with van der Waals surface area (Å²) >= 11 is 0. The van der Waals surface area contributed by atoms with Crippen LogP contribution < -0.4 is 5.32 Å². The Morgan fingerprint density at radius 2 is 2.18 bits per heavy atom. The van der Waals surface area contributed by atoms with E-state index in [-0.39, 0.29) is 24.0 Å². The Morgan fingerprint density at radius 1 is 1.36 bits per heavy atom. The standard InChI is InChI=1S/C18H26N2O2/c1-2-22-17-11-16(17)18(21)19-15-9-6-10-20(13-15)12-14-7-4-3-5-8-14/h3-5,7-8,15-17H,2,6,9-13H2,1H3,(H,19,21). The molecule has 3 atom stereocenters. The van der Waals surface area contributed by atoms with Crippen molar-refractivity contribution in [2.45, 2.75) is 44.9 Å². The molecule has 3 rings (SSSR count). The predicted molar refractivity (Wildman–Crippen MR) is 86.4 cm³/mol. The van der Waals surface area contributed by atoms with Crippen molar-refractivity contribution in [3.63, 3.8) is 0 Å². The summed E-state index contributed by atoms with van der Waals surface area (Å²) in [7, 11) is 0. The van der Waals surface area contributed by atoms with Gasteiger partial charge < -0.3 is 10.1 Å². The molecule has 3 unspecified atom stereocenters. The molecule has 1 saturated heterocycles. The van der Waals surface area contributed by atoms with Crippen LogP contribution in [0.1, 0.15) is 31.7 Å². The van der Waals surface area contributed by atoms with Crippen LogP contribution >= 0.6 is 0 Å². The highest BCUT2D eigenvalue weighted by Gasteiger charge is 2.44. The molecular formula is C18H26N2O2. The van der Waals surface area contributed by atoms with Crippen LogP contribution in [-0.2, 0) is 16.1 Å². The molecule has 120 valence electrons. The molecule has 0 spiro atoms. The summed E-state index contributed by atoms with van der Waals surface area (Å²) in [5.74, 6) is 0.273. The zero-order valence-corrected chi connectivity index (χ0v) is 13.3. The summed E-state index contributed by atoms with van der Waals surface area (Å²) in [5.41, 5.74) is 1.34. The van der Waals surface area contributed by atoms with Gasteiger partial charge in [-0.2, -0.15) is 0 Å². The average molecular weight is 302 g/mol. The smallest absolute Gasteiger partial charge is 0.226 e. The largest absolute Gasteiger partial charge is 0.378 e. The first-order valence-corrected chi connectivity index (χ1v) is 8.44. The lowest BCUT2D eigenvalue weighted by atomic mass is 10.0. The number of likely N-dealkylation sites (tertiary alicyclic amines) is 1. The summed E-state index contributed by atoms with van der Waals surface area (Å²) in [5, 5.41) is 3.22. The summed E-state index contributed by atoms with van der Waals surface area (Å²) < 4.78 is 5.50. The summed E-state index contributed by atoms with van der Waals surface area (Å²) in [6.45, 7) is 5.72. The first kappa shape index (κ1) is 15.5. The van der Waals surface area contributed by atoms with Crippen molar-refractivity contribution in [3.8, 4) is 0 Å². The van der Waals surface area contributed by atoms with Gasteiger partial charge in [-0.15, -0.1) is 0 Å². The Hall–Kier alpha value is -1.39. The summed E-state index contributed by atoms with van der Waals surface area (Å²) in [6.07, 6.45) is 3.29. The molecule has 1 N–H and O–H groups in total. The topological polar surface area (TPSA) is 41.6 Å². The number of nitrogens with one attached hydrogen (secondary N) is 1. The Bertz CT molecular complexity index is 491. The van der Waals surface area contributed by atoms with Gasteiger partial charge >= 0.3 is 0 Å². The number of piperidine rings is 1. The molecule has 1 amide bonds. The third-order valence-corrected chi connectivity index (χ3v) is 4.55. The Balaban J connectivity index is 1.46. The molecule has 0 radical (unpaired) electrons. The van der Waals surface area contributed by atoms with E-state index in [1.165, 1.54) is 5.56 Å². The van der Waals surface area contributed by atoms with E-state index in [1.807, 2.05) is 13.0 Å². The molecule has 1 saturated carbocycles. The Morgan fingerprint density at radius 3 is 2.95 bits per heavy atom. The van der Waals surface area contributed by atoms with Crippen molar-refractivity contribution in [1.29, 1.82) is 0 Å². The monoisotopic (exact) mass is 302 g/mol. The second-order valence-corrected chi connectivity index (χ2v) is 6.40. The van der Waals surface area contributed by atoms with Crippen molar-refractivity contribution >= 4 is 5.91 Å².